The van der Waals surface area contributed by atoms with Gasteiger partial charge in [-0.1, -0.05) is 18.2 Å². The lowest BCUT2D eigenvalue weighted by Crippen LogP contribution is -2.24. The summed E-state index contributed by atoms with van der Waals surface area (Å²) in [5, 5.41) is 10.2. The number of nitrogens with zero attached hydrogens (tertiary/aromatic N) is 1. The van der Waals surface area contributed by atoms with Gasteiger partial charge >= 0.3 is 0 Å². The van der Waals surface area contributed by atoms with Gasteiger partial charge < -0.3 is 4.74 Å². The molecule has 0 bridgehead atoms. The molecule has 4 nitrogen and oxygen atoms in total. The van der Waals surface area contributed by atoms with Crippen molar-refractivity contribution in [2.75, 3.05) is 6.54 Å². The second-order valence-corrected chi connectivity index (χ2v) is 2.73. The fourth-order valence-electron chi connectivity index (χ4n) is 1.30. The summed E-state index contributed by atoms with van der Waals surface area (Å²) in [7, 11) is 0. The Bertz CT molecular complexity index is 258. The van der Waals surface area contributed by atoms with Gasteiger partial charge in [0.2, 0.25) is 6.54 Å². The molecule has 0 aromatic carbocycles. The minimum absolute atomic E-state index is 0.0575. The Labute approximate surface area is 63.3 Å². The van der Waals surface area contributed by atoms with Gasteiger partial charge in [-0.25, -0.2) is 0 Å². The summed E-state index contributed by atoms with van der Waals surface area (Å²) >= 11 is 0. The van der Waals surface area contributed by atoms with Crippen molar-refractivity contribution in [3.8, 4) is 0 Å². The highest BCUT2D eigenvalue weighted by Crippen LogP contribution is 2.41. The number of ether oxygens (including phenoxy) is 1. The second-order valence-electron chi connectivity index (χ2n) is 2.73. The first kappa shape index (κ1) is 6.54. The topological polar surface area (TPSA) is 55.7 Å². The molecule has 58 valence electrons. The van der Waals surface area contributed by atoms with E-state index >= 15 is 0 Å². The molecule has 2 atom stereocenters. The van der Waals surface area contributed by atoms with Crippen LogP contribution in [0.3, 0.4) is 0 Å². The van der Waals surface area contributed by atoms with Crippen LogP contribution < -0.4 is 0 Å². The van der Waals surface area contributed by atoms with E-state index in [2.05, 4.69) is 0 Å². The number of fused-ring (bicyclic) bond motifs is 1. The van der Waals surface area contributed by atoms with Crippen molar-refractivity contribution in [2.45, 2.75) is 11.7 Å². The Kier molecular flexibility index (Phi) is 1.14. The van der Waals surface area contributed by atoms with E-state index in [1.54, 1.807) is 12.2 Å². The van der Waals surface area contributed by atoms with E-state index in [-0.39, 0.29) is 17.6 Å². The van der Waals surface area contributed by atoms with Gasteiger partial charge in [-0.2, -0.15) is 0 Å². The van der Waals surface area contributed by atoms with E-state index in [1.807, 2.05) is 12.2 Å². The molecule has 0 N–H and O–H groups in total. The van der Waals surface area contributed by atoms with E-state index in [9.17, 15) is 10.1 Å². The van der Waals surface area contributed by atoms with Crippen molar-refractivity contribution in [3.05, 3.63) is 34.4 Å². The predicted molar refractivity (Wildman–Crippen MR) is 37.7 cm³/mol. The Morgan fingerprint density at radius 3 is 3.09 bits per heavy atom. The maximum Gasteiger partial charge on any atom is 0.239 e. The third-order valence-electron chi connectivity index (χ3n) is 1.92. The molecule has 4 heteroatoms. The van der Waals surface area contributed by atoms with Crippen LogP contribution >= 0.6 is 0 Å². The molecule has 0 spiro atoms. The fraction of sp³-hybridized carbons (Fsp3) is 0.429. The highest BCUT2D eigenvalue weighted by atomic mass is 16.7. The summed E-state index contributed by atoms with van der Waals surface area (Å²) in [6.45, 7) is -0.126. The molecule has 2 unspecified atom stereocenters. The normalized spacial score (nSPS) is 38.4. The Morgan fingerprint density at radius 2 is 2.45 bits per heavy atom. The largest absolute Gasteiger partial charge is 0.350 e. The van der Waals surface area contributed by atoms with Crippen LogP contribution in [0.2, 0.25) is 0 Å². The molecular weight excluding hydrogens is 146 g/mol. The Balaban J connectivity index is 2.10. The van der Waals surface area contributed by atoms with Gasteiger partial charge in [-0.15, -0.1) is 0 Å². The second kappa shape index (κ2) is 1.92. The van der Waals surface area contributed by atoms with Gasteiger partial charge in [0, 0.05) is 4.92 Å². The molecule has 1 aliphatic carbocycles. The van der Waals surface area contributed by atoms with E-state index < -0.39 is 5.60 Å². The average Bonchev–Trinajstić information content (AvgIpc) is 2.59. The SMILES string of the molecule is O=[N+]([O-])CC12C=CC=CC1O2. The zero-order valence-corrected chi connectivity index (χ0v) is 5.77. The van der Waals surface area contributed by atoms with E-state index in [1.165, 1.54) is 0 Å². The van der Waals surface area contributed by atoms with Crippen molar-refractivity contribution < 1.29 is 9.66 Å². The molecule has 2 aliphatic rings. The first-order valence-corrected chi connectivity index (χ1v) is 3.39. The van der Waals surface area contributed by atoms with Crippen LogP contribution in [0, 0.1) is 10.1 Å². The average molecular weight is 153 g/mol. The van der Waals surface area contributed by atoms with Gasteiger partial charge in [0.05, 0.1) is 0 Å². The van der Waals surface area contributed by atoms with Gasteiger partial charge in [0.15, 0.2) is 5.60 Å². The molecule has 0 saturated carbocycles. The highest BCUT2D eigenvalue weighted by molar-refractivity contribution is 5.31. The van der Waals surface area contributed by atoms with Crippen LogP contribution in [0.25, 0.3) is 0 Å². The number of nitro groups is 1. The molecule has 0 aromatic rings. The number of hydrogen-bond acceptors (Lipinski definition) is 3. The minimum Gasteiger partial charge on any atom is -0.350 e. The molecule has 11 heavy (non-hydrogen) atoms. The lowest BCUT2D eigenvalue weighted by Gasteiger charge is -2.01. The summed E-state index contributed by atoms with van der Waals surface area (Å²) in [5.41, 5.74) is -0.599. The maximum absolute atomic E-state index is 10.2. The first-order chi connectivity index (χ1) is 5.23. The van der Waals surface area contributed by atoms with Crippen LogP contribution in [0.1, 0.15) is 0 Å². The third-order valence-corrected chi connectivity index (χ3v) is 1.92. The molecule has 0 amide bonds. The Hall–Kier alpha value is -1.16. The molecular formula is C7H7NO3. The van der Waals surface area contributed by atoms with Gasteiger partial charge in [-0.3, -0.25) is 10.1 Å². The summed E-state index contributed by atoms with van der Waals surface area (Å²) in [6.07, 6.45) is 7.16. The lowest BCUT2D eigenvalue weighted by molar-refractivity contribution is -0.486. The number of allylic oxidation sites excluding steroid dienone is 2. The molecule has 1 heterocycles. The molecule has 2 rings (SSSR count). The van der Waals surface area contributed by atoms with E-state index in [0.717, 1.165) is 0 Å². The number of rotatable bonds is 2. The van der Waals surface area contributed by atoms with Crippen molar-refractivity contribution in [1.82, 2.24) is 0 Å². The summed E-state index contributed by atoms with van der Waals surface area (Å²) < 4.78 is 5.16. The van der Waals surface area contributed by atoms with Crippen molar-refractivity contribution in [1.29, 1.82) is 0 Å². The maximum atomic E-state index is 10.2. The summed E-state index contributed by atoms with van der Waals surface area (Å²) in [6, 6.07) is 0. The predicted octanol–water partition coefficient (Wildman–Crippen LogP) is 0.527. The smallest absolute Gasteiger partial charge is 0.239 e. The molecule has 1 aliphatic heterocycles. The molecule has 0 radical (unpaired) electrons. The van der Waals surface area contributed by atoms with Crippen LogP contribution in [0.4, 0.5) is 0 Å². The fourth-order valence-corrected chi connectivity index (χ4v) is 1.30. The zero-order chi connectivity index (χ0) is 7.90. The third kappa shape index (κ3) is 0.952. The summed E-state index contributed by atoms with van der Waals surface area (Å²) in [4.78, 5) is 9.82. The molecule has 1 fully saturated rings. The van der Waals surface area contributed by atoms with Crippen LogP contribution in [0.5, 0.6) is 0 Å². The van der Waals surface area contributed by atoms with Crippen molar-refractivity contribution >= 4 is 0 Å². The van der Waals surface area contributed by atoms with E-state index in [4.69, 9.17) is 4.74 Å². The minimum atomic E-state index is -0.599. The van der Waals surface area contributed by atoms with Crippen LogP contribution in [-0.4, -0.2) is 23.2 Å². The van der Waals surface area contributed by atoms with E-state index in [0.29, 0.717) is 0 Å². The summed E-state index contributed by atoms with van der Waals surface area (Å²) in [5.74, 6) is 0. The zero-order valence-electron chi connectivity index (χ0n) is 5.77. The number of epoxide rings is 1. The van der Waals surface area contributed by atoms with Gasteiger partial charge in [-0.05, 0) is 6.08 Å². The number of hydrogen-bond donors (Lipinski definition) is 0. The monoisotopic (exact) mass is 153 g/mol. The van der Waals surface area contributed by atoms with Crippen molar-refractivity contribution in [2.24, 2.45) is 0 Å². The molecule has 0 aromatic heterocycles. The quantitative estimate of drug-likeness (QED) is 0.330. The van der Waals surface area contributed by atoms with Gasteiger partial charge in [0.25, 0.3) is 0 Å². The van der Waals surface area contributed by atoms with Gasteiger partial charge in [0.1, 0.15) is 6.10 Å². The van der Waals surface area contributed by atoms with Crippen molar-refractivity contribution in [3.63, 3.8) is 0 Å². The molecule has 1 saturated heterocycles. The van der Waals surface area contributed by atoms with Crippen LogP contribution in [-0.2, 0) is 4.74 Å². The van der Waals surface area contributed by atoms with Crippen LogP contribution in [0.15, 0.2) is 24.3 Å². The highest BCUT2D eigenvalue weighted by Gasteiger charge is 2.58. The lowest BCUT2D eigenvalue weighted by atomic mass is 10.0. The Morgan fingerprint density at radius 1 is 1.64 bits per heavy atom. The first-order valence-electron chi connectivity index (χ1n) is 3.39. The standard InChI is InChI=1S/C7H7NO3/c9-8(10)5-7-4-2-1-3-6(7)11-7/h1-4,6H,5H2.